The highest BCUT2D eigenvalue weighted by molar-refractivity contribution is 5.86. The summed E-state index contributed by atoms with van der Waals surface area (Å²) >= 11 is 0. The van der Waals surface area contributed by atoms with E-state index >= 15 is 0 Å². The van der Waals surface area contributed by atoms with E-state index in [1.54, 1.807) is 24.4 Å². The van der Waals surface area contributed by atoms with Crippen LogP contribution in [0.5, 0.6) is 11.5 Å². The summed E-state index contributed by atoms with van der Waals surface area (Å²) in [6, 6.07) is 5.77. The van der Waals surface area contributed by atoms with E-state index in [1.807, 2.05) is 18.0 Å². The summed E-state index contributed by atoms with van der Waals surface area (Å²) < 4.78 is 20.6. The molecule has 0 radical (unpaired) electrons. The molecule has 1 spiro atoms. The summed E-state index contributed by atoms with van der Waals surface area (Å²) in [5.74, 6) is 0.102. The molecular formula is C23H26FN5O2. The van der Waals surface area contributed by atoms with Crippen LogP contribution in [0.3, 0.4) is 0 Å². The average Bonchev–Trinajstić information content (AvgIpc) is 3.07. The maximum atomic E-state index is 14.8. The van der Waals surface area contributed by atoms with E-state index in [9.17, 15) is 9.18 Å². The third-order valence-corrected chi connectivity index (χ3v) is 6.30. The van der Waals surface area contributed by atoms with Crippen LogP contribution in [0.25, 0.3) is 11.0 Å². The van der Waals surface area contributed by atoms with Gasteiger partial charge in [-0.15, -0.1) is 0 Å². The number of amides is 1. The molecule has 31 heavy (non-hydrogen) atoms. The summed E-state index contributed by atoms with van der Waals surface area (Å²) in [6.07, 6.45) is 3.74. The van der Waals surface area contributed by atoms with E-state index in [-0.39, 0.29) is 23.5 Å². The van der Waals surface area contributed by atoms with E-state index in [2.05, 4.69) is 21.9 Å². The number of fused-ring (bicyclic) bond motifs is 1. The van der Waals surface area contributed by atoms with Crippen molar-refractivity contribution >= 4 is 16.9 Å². The largest absolute Gasteiger partial charge is 0.453 e. The summed E-state index contributed by atoms with van der Waals surface area (Å²) in [7, 11) is 2.08. The zero-order valence-corrected chi connectivity index (χ0v) is 17.7. The minimum absolute atomic E-state index is 0.0666. The highest BCUT2D eigenvalue weighted by atomic mass is 19.1. The first-order valence-electron chi connectivity index (χ1n) is 10.5. The third-order valence-electron chi connectivity index (χ3n) is 6.30. The van der Waals surface area contributed by atoms with Gasteiger partial charge in [-0.25, -0.2) is 9.37 Å². The number of carbonyl (C=O) groups is 1. The number of likely N-dealkylation sites (tertiary alicyclic amines) is 2. The standard InChI is InChI=1S/C23H26FN5O2/c1-14-9-27-21-20(14)19(5-6-26-21)31-18-4-3-15(7-16(18)24)8-17(25)22(30)29-12-23(13-29)10-28(2)11-23/h3-7,9,17H,8,10-13,25H2,1-2H3,(H,26,27)/t17-/m0/s1. The quantitative estimate of drug-likeness (QED) is 0.658. The Hall–Kier alpha value is -2.97. The minimum atomic E-state index is -0.677. The molecule has 0 saturated carbocycles. The van der Waals surface area contributed by atoms with Crippen LogP contribution in [0.4, 0.5) is 4.39 Å². The number of pyridine rings is 1. The first-order chi connectivity index (χ1) is 14.8. The summed E-state index contributed by atoms with van der Waals surface area (Å²) in [6.45, 7) is 5.54. The number of rotatable bonds is 5. The number of hydrogen-bond acceptors (Lipinski definition) is 5. The number of halogens is 1. The van der Waals surface area contributed by atoms with Gasteiger partial charge in [0.25, 0.3) is 0 Å². The zero-order valence-electron chi connectivity index (χ0n) is 17.7. The van der Waals surface area contributed by atoms with Crippen molar-refractivity contribution in [3.05, 3.63) is 53.6 Å². The number of benzene rings is 1. The van der Waals surface area contributed by atoms with Crippen molar-refractivity contribution in [3.63, 3.8) is 0 Å². The van der Waals surface area contributed by atoms with Gasteiger partial charge in [0.1, 0.15) is 11.4 Å². The zero-order chi connectivity index (χ0) is 21.8. The van der Waals surface area contributed by atoms with Gasteiger partial charge in [0.15, 0.2) is 11.6 Å². The van der Waals surface area contributed by atoms with Gasteiger partial charge in [-0.05, 0) is 49.7 Å². The number of ether oxygens (including phenoxy) is 1. The Morgan fingerprint density at radius 1 is 1.29 bits per heavy atom. The second-order valence-corrected chi connectivity index (χ2v) is 9.05. The van der Waals surface area contributed by atoms with E-state index in [0.29, 0.717) is 17.0 Å². The van der Waals surface area contributed by atoms with Gasteiger partial charge >= 0.3 is 0 Å². The molecule has 162 valence electrons. The van der Waals surface area contributed by atoms with E-state index in [1.165, 1.54) is 6.07 Å². The molecule has 5 rings (SSSR count). The molecule has 1 aromatic carbocycles. The molecular weight excluding hydrogens is 397 g/mol. The molecule has 2 aliphatic heterocycles. The molecule has 1 amide bonds. The number of nitrogens with zero attached hydrogens (tertiary/aromatic N) is 3. The lowest BCUT2D eigenvalue weighted by Gasteiger charge is -2.59. The smallest absolute Gasteiger partial charge is 0.239 e. The summed E-state index contributed by atoms with van der Waals surface area (Å²) in [4.78, 5) is 24.0. The third kappa shape index (κ3) is 3.55. The minimum Gasteiger partial charge on any atom is -0.453 e. The second-order valence-electron chi connectivity index (χ2n) is 9.05. The number of hydrogen-bond donors (Lipinski definition) is 2. The van der Waals surface area contributed by atoms with Gasteiger partial charge in [0.2, 0.25) is 5.91 Å². The molecule has 3 N–H and O–H groups in total. The van der Waals surface area contributed by atoms with Gasteiger partial charge in [-0.3, -0.25) is 4.79 Å². The molecule has 2 aromatic heterocycles. The van der Waals surface area contributed by atoms with Gasteiger partial charge in [0, 0.05) is 44.0 Å². The van der Waals surface area contributed by atoms with Crippen molar-refractivity contribution in [2.24, 2.45) is 11.1 Å². The lowest BCUT2D eigenvalue weighted by atomic mass is 9.73. The first-order valence-corrected chi connectivity index (χ1v) is 10.5. The lowest BCUT2D eigenvalue weighted by molar-refractivity contribution is -0.157. The fraction of sp³-hybridized carbons (Fsp3) is 0.391. The van der Waals surface area contributed by atoms with Crippen molar-refractivity contribution in [2.45, 2.75) is 19.4 Å². The normalized spacial score (nSPS) is 18.6. The van der Waals surface area contributed by atoms with Crippen LogP contribution in [0.1, 0.15) is 11.1 Å². The van der Waals surface area contributed by atoms with Crippen LogP contribution in [0, 0.1) is 18.2 Å². The predicted octanol–water partition coefficient (Wildman–Crippen LogP) is 2.45. The molecule has 2 fully saturated rings. The SMILES string of the molecule is Cc1c[nH]c2nccc(Oc3ccc(C[C@H](N)C(=O)N4CC5(CN(C)C5)C4)cc3F)c12. The number of aromatic nitrogens is 2. The molecule has 2 aliphatic rings. The molecule has 2 saturated heterocycles. The van der Waals surface area contributed by atoms with Crippen molar-refractivity contribution in [1.29, 1.82) is 0 Å². The number of carbonyl (C=O) groups excluding carboxylic acids is 1. The molecule has 1 atom stereocenters. The van der Waals surface area contributed by atoms with Crippen LogP contribution >= 0.6 is 0 Å². The van der Waals surface area contributed by atoms with Gasteiger partial charge in [-0.2, -0.15) is 0 Å². The van der Waals surface area contributed by atoms with Crippen molar-refractivity contribution < 1.29 is 13.9 Å². The lowest BCUT2D eigenvalue weighted by Crippen LogP contribution is -2.73. The molecule has 0 unspecified atom stereocenters. The van der Waals surface area contributed by atoms with E-state index in [4.69, 9.17) is 10.5 Å². The van der Waals surface area contributed by atoms with Crippen LogP contribution in [0.2, 0.25) is 0 Å². The fourth-order valence-corrected chi connectivity index (χ4v) is 4.93. The maximum absolute atomic E-state index is 14.8. The Balaban J connectivity index is 1.24. The van der Waals surface area contributed by atoms with Crippen LogP contribution in [-0.2, 0) is 11.2 Å². The first kappa shape index (κ1) is 20.0. The van der Waals surface area contributed by atoms with Gasteiger partial charge in [-0.1, -0.05) is 6.07 Å². The average molecular weight is 423 g/mol. The van der Waals surface area contributed by atoms with E-state index < -0.39 is 11.9 Å². The number of nitrogens with one attached hydrogen (secondary N) is 1. The van der Waals surface area contributed by atoms with Crippen LogP contribution < -0.4 is 10.5 Å². The number of aryl methyl sites for hydroxylation is 1. The van der Waals surface area contributed by atoms with Gasteiger partial charge in [0.05, 0.1) is 11.4 Å². The number of nitrogens with two attached hydrogens (primary N) is 1. The topological polar surface area (TPSA) is 87.5 Å². The molecule has 7 nitrogen and oxygen atoms in total. The number of aromatic amines is 1. The Morgan fingerprint density at radius 3 is 2.77 bits per heavy atom. The molecule has 4 heterocycles. The summed E-state index contributed by atoms with van der Waals surface area (Å²) in [5, 5.41) is 0.823. The Labute approximate surface area is 180 Å². The highest BCUT2D eigenvalue weighted by Gasteiger charge is 2.52. The Morgan fingerprint density at radius 2 is 2.06 bits per heavy atom. The molecule has 8 heteroatoms. The predicted molar refractivity (Wildman–Crippen MR) is 115 cm³/mol. The maximum Gasteiger partial charge on any atom is 0.239 e. The number of H-pyrrole nitrogens is 1. The Kier molecular flexibility index (Phi) is 4.71. The fourth-order valence-electron chi connectivity index (χ4n) is 4.93. The van der Waals surface area contributed by atoms with Crippen molar-refractivity contribution in [1.82, 2.24) is 19.8 Å². The molecule has 3 aromatic rings. The second kappa shape index (κ2) is 7.32. The monoisotopic (exact) mass is 423 g/mol. The van der Waals surface area contributed by atoms with Gasteiger partial charge < -0.3 is 25.3 Å². The highest BCUT2D eigenvalue weighted by Crippen LogP contribution is 2.39. The Bertz CT molecular complexity index is 1150. The van der Waals surface area contributed by atoms with Crippen molar-refractivity contribution in [2.75, 3.05) is 33.2 Å². The molecule has 0 aliphatic carbocycles. The van der Waals surface area contributed by atoms with Crippen LogP contribution in [0.15, 0.2) is 36.7 Å². The van der Waals surface area contributed by atoms with E-state index in [0.717, 1.165) is 37.1 Å². The summed E-state index contributed by atoms with van der Waals surface area (Å²) in [5.41, 5.74) is 8.75. The van der Waals surface area contributed by atoms with Crippen LogP contribution in [-0.4, -0.2) is 64.9 Å². The van der Waals surface area contributed by atoms with Crippen molar-refractivity contribution in [3.8, 4) is 11.5 Å². The molecule has 0 bridgehead atoms.